The standard InChI is InChI=1S/C20H25NO4S/c1-13-10-14(2)19(15(3)11-13)26(22,23)21-20(4,5)16-6-7-17-18(12-16)25-9-8-24-17/h6-7,10-12,21H,8-9H2,1-5H3. The molecule has 1 aliphatic rings. The molecule has 0 fully saturated rings. The zero-order valence-corrected chi connectivity index (χ0v) is 16.7. The molecule has 0 saturated carbocycles. The highest BCUT2D eigenvalue weighted by Gasteiger charge is 2.31. The summed E-state index contributed by atoms with van der Waals surface area (Å²) in [4.78, 5) is 0.341. The summed E-state index contributed by atoms with van der Waals surface area (Å²) >= 11 is 0. The summed E-state index contributed by atoms with van der Waals surface area (Å²) in [5.74, 6) is 1.33. The van der Waals surface area contributed by atoms with Crippen LogP contribution in [0.1, 0.15) is 36.1 Å². The summed E-state index contributed by atoms with van der Waals surface area (Å²) in [6.45, 7) is 10.3. The van der Waals surface area contributed by atoms with Gasteiger partial charge in [0.15, 0.2) is 11.5 Å². The van der Waals surface area contributed by atoms with Gasteiger partial charge >= 0.3 is 0 Å². The van der Waals surface area contributed by atoms with Crippen LogP contribution in [0.2, 0.25) is 0 Å². The van der Waals surface area contributed by atoms with Crippen molar-refractivity contribution >= 4 is 10.0 Å². The lowest BCUT2D eigenvalue weighted by Crippen LogP contribution is -2.41. The van der Waals surface area contributed by atoms with Crippen LogP contribution < -0.4 is 14.2 Å². The van der Waals surface area contributed by atoms with Crippen molar-refractivity contribution < 1.29 is 17.9 Å². The first-order chi connectivity index (χ1) is 12.1. The van der Waals surface area contributed by atoms with Crippen LogP contribution in [0.15, 0.2) is 35.2 Å². The van der Waals surface area contributed by atoms with Gasteiger partial charge in [-0.1, -0.05) is 23.8 Å². The van der Waals surface area contributed by atoms with Crippen LogP contribution >= 0.6 is 0 Å². The zero-order chi connectivity index (χ0) is 19.1. The lowest BCUT2D eigenvalue weighted by atomic mass is 9.95. The van der Waals surface area contributed by atoms with Crippen LogP contribution in [-0.2, 0) is 15.6 Å². The van der Waals surface area contributed by atoms with Crippen LogP contribution in [-0.4, -0.2) is 21.6 Å². The smallest absolute Gasteiger partial charge is 0.241 e. The highest BCUT2D eigenvalue weighted by Crippen LogP contribution is 2.35. The molecule has 5 nitrogen and oxygen atoms in total. The van der Waals surface area contributed by atoms with Crippen LogP contribution in [0.25, 0.3) is 0 Å². The number of fused-ring (bicyclic) bond motifs is 1. The Kier molecular flexibility index (Phi) is 4.75. The topological polar surface area (TPSA) is 64.6 Å². The Labute approximate surface area is 155 Å². The van der Waals surface area contributed by atoms with E-state index >= 15 is 0 Å². The van der Waals surface area contributed by atoms with E-state index in [0.29, 0.717) is 29.6 Å². The zero-order valence-electron chi connectivity index (χ0n) is 15.8. The normalized spacial score (nSPS) is 14.3. The van der Waals surface area contributed by atoms with Crippen LogP contribution in [0.5, 0.6) is 11.5 Å². The highest BCUT2D eigenvalue weighted by atomic mass is 32.2. The van der Waals surface area contributed by atoms with E-state index in [1.54, 1.807) is 0 Å². The summed E-state index contributed by atoms with van der Waals surface area (Å²) in [7, 11) is -3.69. The van der Waals surface area contributed by atoms with E-state index in [-0.39, 0.29) is 0 Å². The number of hydrogen-bond acceptors (Lipinski definition) is 4. The molecule has 26 heavy (non-hydrogen) atoms. The molecule has 0 radical (unpaired) electrons. The molecule has 3 rings (SSSR count). The van der Waals surface area contributed by atoms with Crippen molar-refractivity contribution in [1.29, 1.82) is 0 Å². The van der Waals surface area contributed by atoms with E-state index in [0.717, 1.165) is 22.3 Å². The number of aryl methyl sites for hydroxylation is 3. The summed E-state index contributed by atoms with van der Waals surface area (Å²) < 4.78 is 40.2. The van der Waals surface area contributed by atoms with Crippen molar-refractivity contribution in [3.05, 3.63) is 52.6 Å². The first-order valence-corrected chi connectivity index (χ1v) is 10.1. The molecular formula is C20H25NO4S. The molecule has 0 amide bonds. The number of nitrogens with one attached hydrogen (secondary N) is 1. The number of ether oxygens (including phenoxy) is 2. The van der Waals surface area contributed by atoms with Gasteiger partial charge in [0.2, 0.25) is 10.0 Å². The molecule has 1 aliphatic heterocycles. The second-order valence-electron chi connectivity index (χ2n) is 7.32. The number of sulfonamides is 1. The van der Waals surface area contributed by atoms with Crippen LogP contribution in [0, 0.1) is 20.8 Å². The molecule has 0 aromatic heterocycles. The SMILES string of the molecule is Cc1cc(C)c(S(=O)(=O)NC(C)(C)c2ccc3c(c2)OCCO3)c(C)c1. The Morgan fingerprint density at radius 2 is 1.50 bits per heavy atom. The lowest BCUT2D eigenvalue weighted by Gasteiger charge is -2.29. The van der Waals surface area contributed by atoms with Gasteiger partial charge in [0, 0.05) is 0 Å². The van der Waals surface area contributed by atoms with Crippen molar-refractivity contribution in [3.63, 3.8) is 0 Å². The first-order valence-electron chi connectivity index (χ1n) is 8.62. The maximum absolute atomic E-state index is 13.1. The summed E-state index contributed by atoms with van der Waals surface area (Å²) in [5, 5.41) is 0. The van der Waals surface area contributed by atoms with Gasteiger partial charge in [0.25, 0.3) is 0 Å². The van der Waals surface area contributed by atoms with Crippen molar-refractivity contribution in [1.82, 2.24) is 4.72 Å². The average molecular weight is 375 g/mol. The summed E-state index contributed by atoms with van der Waals surface area (Å²) in [6.07, 6.45) is 0. The average Bonchev–Trinajstić information content (AvgIpc) is 2.52. The monoisotopic (exact) mass is 375 g/mol. The van der Waals surface area contributed by atoms with E-state index < -0.39 is 15.6 Å². The predicted molar refractivity (Wildman–Crippen MR) is 101 cm³/mol. The van der Waals surface area contributed by atoms with E-state index in [4.69, 9.17) is 9.47 Å². The minimum absolute atomic E-state index is 0.341. The number of hydrogen-bond donors (Lipinski definition) is 1. The van der Waals surface area contributed by atoms with Crippen LogP contribution in [0.4, 0.5) is 0 Å². The van der Waals surface area contributed by atoms with Crippen LogP contribution in [0.3, 0.4) is 0 Å². The summed E-state index contributed by atoms with van der Waals surface area (Å²) in [5.41, 5.74) is 2.54. The third kappa shape index (κ3) is 3.57. The van der Waals surface area contributed by atoms with Gasteiger partial charge in [-0.2, -0.15) is 0 Å². The third-order valence-electron chi connectivity index (χ3n) is 4.53. The fraction of sp³-hybridized carbons (Fsp3) is 0.400. The molecule has 1 heterocycles. The molecule has 0 bridgehead atoms. The largest absolute Gasteiger partial charge is 0.486 e. The molecule has 0 aliphatic carbocycles. The highest BCUT2D eigenvalue weighted by molar-refractivity contribution is 7.89. The van der Waals surface area contributed by atoms with Gasteiger partial charge in [-0.3, -0.25) is 0 Å². The van der Waals surface area contributed by atoms with E-state index in [9.17, 15) is 8.42 Å². The van der Waals surface area contributed by atoms with Gasteiger partial charge in [-0.25, -0.2) is 13.1 Å². The van der Waals surface area contributed by atoms with Gasteiger partial charge in [0.05, 0.1) is 10.4 Å². The predicted octanol–water partition coefficient (Wildman–Crippen LogP) is 3.60. The Morgan fingerprint density at radius 1 is 0.923 bits per heavy atom. The Bertz CT molecular complexity index is 925. The second-order valence-corrected chi connectivity index (χ2v) is 8.94. The lowest BCUT2D eigenvalue weighted by molar-refractivity contribution is 0.171. The molecule has 2 aromatic rings. The number of benzene rings is 2. The summed E-state index contributed by atoms with van der Waals surface area (Å²) in [6, 6.07) is 9.30. The molecular weight excluding hydrogens is 350 g/mol. The molecule has 0 atom stereocenters. The van der Waals surface area contributed by atoms with E-state index in [2.05, 4.69) is 4.72 Å². The molecule has 0 saturated heterocycles. The van der Waals surface area contributed by atoms with Gasteiger partial charge < -0.3 is 9.47 Å². The molecule has 1 N–H and O–H groups in total. The Balaban J connectivity index is 1.96. The fourth-order valence-corrected chi connectivity index (χ4v) is 5.33. The number of rotatable bonds is 4. The second kappa shape index (κ2) is 6.59. The molecule has 0 spiro atoms. The van der Waals surface area contributed by atoms with Gasteiger partial charge in [-0.15, -0.1) is 0 Å². The first kappa shape index (κ1) is 18.7. The van der Waals surface area contributed by atoms with Crippen molar-refractivity contribution in [2.45, 2.75) is 45.1 Å². The molecule has 6 heteroatoms. The molecule has 0 unspecified atom stereocenters. The fourth-order valence-electron chi connectivity index (χ4n) is 3.47. The quantitative estimate of drug-likeness (QED) is 0.887. The maximum atomic E-state index is 13.1. The third-order valence-corrected chi connectivity index (χ3v) is 6.49. The van der Waals surface area contributed by atoms with E-state index in [1.807, 2.05) is 65.0 Å². The molecule has 2 aromatic carbocycles. The molecule has 140 valence electrons. The minimum atomic E-state index is -3.69. The Hall–Kier alpha value is -2.05. The van der Waals surface area contributed by atoms with Gasteiger partial charge in [0.1, 0.15) is 13.2 Å². The minimum Gasteiger partial charge on any atom is -0.486 e. The Morgan fingerprint density at radius 3 is 2.12 bits per heavy atom. The van der Waals surface area contributed by atoms with Gasteiger partial charge in [-0.05, 0) is 63.4 Å². The van der Waals surface area contributed by atoms with Crippen molar-refractivity contribution in [3.8, 4) is 11.5 Å². The maximum Gasteiger partial charge on any atom is 0.241 e. The van der Waals surface area contributed by atoms with Crippen molar-refractivity contribution in [2.75, 3.05) is 13.2 Å². The van der Waals surface area contributed by atoms with Crippen molar-refractivity contribution in [2.24, 2.45) is 0 Å². The van der Waals surface area contributed by atoms with E-state index in [1.165, 1.54) is 0 Å².